The lowest BCUT2D eigenvalue weighted by Crippen LogP contribution is -2.14. The van der Waals surface area contributed by atoms with E-state index in [0.717, 1.165) is 17.5 Å². The molecule has 19 heavy (non-hydrogen) atoms. The highest BCUT2D eigenvalue weighted by Crippen LogP contribution is 2.29. The zero-order chi connectivity index (χ0) is 13.1. The average molecular weight is 255 g/mol. The smallest absolute Gasteiger partial charge is 0.0712 e. The van der Waals surface area contributed by atoms with Crippen molar-refractivity contribution >= 4 is 5.52 Å². The fourth-order valence-electron chi connectivity index (χ4n) is 2.89. The summed E-state index contributed by atoms with van der Waals surface area (Å²) in [5.41, 5.74) is 10.1. The van der Waals surface area contributed by atoms with Crippen molar-refractivity contribution in [2.45, 2.75) is 44.6 Å². The van der Waals surface area contributed by atoms with E-state index in [1.807, 2.05) is 29.0 Å². The molecule has 0 aromatic carbocycles. The Balaban J connectivity index is 1.92. The molecule has 1 aliphatic rings. The minimum absolute atomic E-state index is 0.00185. The Morgan fingerprint density at radius 1 is 1.16 bits per heavy atom. The third-order valence-electron chi connectivity index (χ3n) is 4.02. The van der Waals surface area contributed by atoms with Crippen molar-refractivity contribution in [1.82, 2.24) is 9.61 Å². The SMILES string of the molecule is NC(/C1=C/CCCCCC1)c1cnn2ccccc12. The van der Waals surface area contributed by atoms with Gasteiger partial charge in [0.25, 0.3) is 0 Å². The van der Waals surface area contributed by atoms with E-state index in [-0.39, 0.29) is 6.04 Å². The normalized spacial score (nSPS) is 21.4. The van der Waals surface area contributed by atoms with Gasteiger partial charge in [-0.15, -0.1) is 0 Å². The van der Waals surface area contributed by atoms with Gasteiger partial charge in [0.15, 0.2) is 0 Å². The van der Waals surface area contributed by atoms with Gasteiger partial charge >= 0.3 is 0 Å². The van der Waals surface area contributed by atoms with Gasteiger partial charge in [-0.2, -0.15) is 5.10 Å². The molecule has 2 N–H and O–H groups in total. The lowest BCUT2D eigenvalue weighted by Gasteiger charge is -2.17. The van der Waals surface area contributed by atoms with Gasteiger partial charge in [0, 0.05) is 11.8 Å². The zero-order valence-corrected chi connectivity index (χ0v) is 11.3. The van der Waals surface area contributed by atoms with E-state index in [0.29, 0.717) is 0 Å². The number of pyridine rings is 1. The van der Waals surface area contributed by atoms with Crippen molar-refractivity contribution < 1.29 is 0 Å². The molecule has 0 radical (unpaired) electrons. The summed E-state index contributed by atoms with van der Waals surface area (Å²) in [7, 11) is 0. The second kappa shape index (κ2) is 5.57. The van der Waals surface area contributed by atoms with Crippen LogP contribution in [0, 0.1) is 0 Å². The summed E-state index contributed by atoms with van der Waals surface area (Å²) >= 11 is 0. The van der Waals surface area contributed by atoms with Crippen molar-refractivity contribution in [1.29, 1.82) is 0 Å². The second-order valence-electron chi connectivity index (χ2n) is 5.34. The first-order chi connectivity index (χ1) is 9.36. The Hall–Kier alpha value is -1.61. The lowest BCUT2D eigenvalue weighted by atomic mass is 9.92. The predicted molar refractivity (Wildman–Crippen MR) is 77.9 cm³/mol. The van der Waals surface area contributed by atoms with Gasteiger partial charge in [0.1, 0.15) is 0 Å². The largest absolute Gasteiger partial charge is 0.320 e. The first-order valence-corrected chi connectivity index (χ1v) is 7.23. The molecule has 2 heterocycles. The van der Waals surface area contributed by atoms with Gasteiger partial charge in [-0.25, -0.2) is 4.52 Å². The second-order valence-corrected chi connectivity index (χ2v) is 5.34. The van der Waals surface area contributed by atoms with Crippen LogP contribution in [0.2, 0.25) is 0 Å². The average Bonchev–Trinajstić information content (AvgIpc) is 2.81. The monoisotopic (exact) mass is 255 g/mol. The van der Waals surface area contributed by atoms with Crippen molar-refractivity contribution in [3.8, 4) is 0 Å². The van der Waals surface area contributed by atoms with Crippen LogP contribution in [0.1, 0.15) is 50.1 Å². The number of fused-ring (bicyclic) bond motifs is 1. The Kier molecular flexibility index (Phi) is 3.65. The molecule has 3 heteroatoms. The number of hydrogen-bond donors (Lipinski definition) is 1. The highest BCUT2D eigenvalue weighted by Gasteiger charge is 2.16. The molecule has 0 bridgehead atoms. The third-order valence-corrected chi connectivity index (χ3v) is 4.02. The van der Waals surface area contributed by atoms with Crippen LogP contribution in [0.15, 0.2) is 42.2 Å². The highest BCUT2D eigenvalue weighted by atomic mass is 15.2. The molecule has 0 amide bonds. The van der Waals surface area contributed by atoms with Gasteiger partial charge in [-0.1, -0.05) is 30.6 Å². The molecule has 0 aliphatic heterocycles. The van der Waals surface area contributed by atoms with Crippen LogP contribution in [-0.4, -0.2) is 9.61 Å². The lowest BCUT2D eigenvalue weighted by molar-refractivity contribution is 0.603. The van der Waals surface area contributed by atoms with Crippen LogP contribution in [0.25, 0.3) is 5.52 Å². The molecular weight excluding hydrogens is 234 g/mol. The van der Waals surface area contributed by atoms with Gasteiger partial charge in [0.05, 0.1) is 17.8 Å². The van der Waals surface area contributed by atoms with E-state index in [2.05, 4.69) is 17.2 Å². The molecular formula is C16H21N3. The van der Waals surface area contributed by atoms with Gasteiger partial charge < -0.3 is 5.73 Å². The Labute approximate surface area is 114 Å². The maximum absolute atomic E-state index is 6.48. The van der Waals surface area contributed by atoms with Crippen LogP contribution >= 0.6 is 0 Å². The number of aromatic nitrogens is 2. The number of hydrogen-bond acceptors (Lipinski definition) is 2. The van der Waals surface area contributed by atoms with Gasteiger partial charge in [-0.3, -0.25) is 0 Å². The molecule has 0 spiro atoms. The number of rotatable bonds is 2. The van der Waals surface area contributed by atoms with Crippen LogP contribution in [0.5, 0.6) is 0 Å². The molecule has 2 aromatic heterocycles. The molecule has 1 aliphatic carbocycles. The fraction of sp³-hybridized carbons (Fsp3) is 0.438. The van der Waals surface area contributed by atoms with E-state index in [4.69, 9.17) is 5.73 Å². The minimum Gasteiger partial charge on any atom is -0.320 e. The van der Waals surface area contributed by atoms with E-state index < -0.39 is 0 Å². The van der Waals surface area contributed by atoms with E-state index >= 15 is 0 Å². The number of allylic oxidation sites excluding steroid dienone is 1. The molecule has 1 atom stereocenters. The first kappa shape index (κ1) is 12.4. The molecule has 1 unspecified atom stereocenters. The zero-order valence-electron chi connectivity index (χ0n) is 11.3. The molecule has 2 aromatic rings. The first-order valence-electron chi connectivity index (χ1n) is 7.23. The third kappa shape index (κ3) is 2.56. The van der Waals surface area contributed by atoms with Crippen molar-refractivity contribution in [3.63, 3.8) is 0 Å². The van der Waals surface area contributed by atoms with Crippen LogP contribution in [0.4, 0.5) is 0 Å². The summed E-state index contributed by atoms with van der Waals surface area (Å²) in [6, 6.07) is 6.12. The quantitative estimate of drug-likeness (QED) is 0.833. The molecule has 100 valence electrons. The maximum Gasteiger partial charge on any atom is 0.0712 e. The van der Waals surface area contributed by atoms with Crippen molar-refractivity contribution in [2.75, 3.05) is 0 Å². The highest BCUT2D eigenvalue weighted by molar-refractivity contribution is 5.56. The van der Waals surface area contributed by atoms with Crippen molar-refractivity contribution in [2.24, 2.45) is 5.73 Å². The number of nitrogens with two attached hydrogens (primary N) is 1. The summed E-state index contributed by atoms with van der Waals surface area (Å²) < 4.78 is 1.90. The fourth-order valence-corrected chi connectivity index (χ4v) is 2.89. The van der Waals surface area contributed by atoms with E-state index in [9.17, 15) is 0 Å². The molecule has 0 saturated carbocycles. The summed E-state index contributed by atoms with van der Waals surface area (Å²) in [5.74, 6) is 0. The number of nitrogens with zero attached hydrogens (tertiary/aromatic N) is 2. The minimum atomic E-state index is -0.00185. The topological polar surface area (TPSA) is 43.3 Å². The summed E-state index contributed by atoms with van der Waals surface area (Å²) in [5, 5.41) is 4.39. The Morgan fingerprint density at radius 3 is 3.00 bits per heavy atom. The van der Waals surface area contributed by atoms with Crippen LogP contribution in [0.3, 0.4) is 0 Å². The van der Waals surface area contributed by atoms with E-state index in [1.54, 1.807) is 0 Å². The van der Waals surface area contributed by atoms with Crippen molar-refractivity contribution in [3.05, 3.63) is 47.8 Å². The Bertz CT molecular complexity index is 582. The van der Waals surface area contributed by atoms with Crippen LogP contribution < -0.4 is 5.73 Å². The predicted octanol–water partition coefficient (Wildman–Crippen LogP) is 3.61. The molecule has 0 saturated heterocycles. The summed E-state index contributed by atoms with van der Waals surface area (Å²) in [6.45, 7) is 0. The van der Waals surface area contributed by atoms with Gasteiger partial charge in [0.2, 0.25) is 0 Å². The summed E-state index contributed by atoms with van der Waals surface area (Å²) in [6.07, 6.45) is 13.8. The maximum atomic E-state index is 6.48. The molecule has 0 fully saturated rings. The standard InChI is InChI=1S/C16H21N3/c17-16(13-8-4-2-1-3-5-9-13)14-12-18-19-11-7-6-10-15(14)19/h6-8,10-12,16H,1-5,9,17H2/b13-8+. The molecule has 3 nitrogen and oxygen atoms in total. The van der Waals surface area contributed by atoms with E-state index in [1.165, 1.54) is 37.7 Å². The van der Waals surface area contributed by atoms with Gasteiger partial charge in [-0.05, 0) is 37.8 Å². The van der Waals surface area contributed by atoms with Crippen LogP contribution in [-0.2, 0) is 0 Å². The Morgan fingerprint density at radius 2 is 2.05 bits per heavy atom. The summed E-state index contributed by atoms with van der Waals surface area (Å²) in [4.78, 5) is 0. The molecule has 3 rings (SSSR count).